The van der Waals surface area contributed by atoms with Crippen LogP contribution in [0.4, 0.5) is 0 Å². The number of ether oxygens (including phenoxy) is 2. The Bertz CT molecular complexity index is 545. The van der Waals surface area contributed by atoms with Gasteiger partial charge in [-0.1, -0.05) is 12.1 Å². The summed E-state index contributed by atoms with van der Waals surface area (Å²) in [4.78, 5) is 4.30. The number of aryl methyl sites for hydroxylation is 1. The van der Waals surface area contributed by atoms with Gasteiger partial charge in [0.2, 0.25) is 0 Å². The molecule has 0 radical (unpaired) electrons. The Labute approximate surface area is 156 Å². The maximum Gasteiger partial charge on any atom is 0.191 e. The SMILES string of the molecule is CN=C(NCCCCSC)NCc1ccc(C)cc1OC1CCOC1. The number of unbranched alkanes of at least 4 members (excludes halogenated alkanes) is 1. The molecule has 1 fully saturated rings. The van der Waals surface area contributed by atoms with E-state index in [0.717, 1.165) is 43.3 Å². The Morgan fingerprint density at radius 2 is 2.24 bits per heavy atom. The molecule has 1 saturated heterocycles. The number of guanidine groups is 1. The first-order chi connectivity index (χ1) is 12.2. The number of nitrogens with one attached hydrogen (secondary N) is 2. The first-order valence-corrected chi connectivity index (χ1v) is 10.4. The third kappa shape index (κ3) is 7.16. The number of hydrogen-bond donors (Lipinski definition) is 2. The van der Waals surface area contributed by atoms with Crippen LogP contribution in [0, 0.1) is 6.92 Å². The molecule has 5 nitrogen and oxygen atoms in total. The number of rotatable bonds is 9. The van der Waals surface area contributed by atoms with Crippen molar-refractivity contribution in [3.8, 4) is 5.75 Å². The monoisotopic (exact) mass is 365 g/mol. The summed E-state index contributed by atoms with van der Waals surface area (Å²) in [6.45, 7) is 5.19. The second-order valence-electron chi connectivity index (χ2n) is 6.27. The van der Waals surface area contributed by atoms with Gasteiger partial charge in [-0.05, 0) is 43.4 Å². The Kier molecular flexibility index (Phi) is 8.97. The summed E-state index contributed by atoms with van der Waals surface area (Å²) < 4.78 is 11.6. The van der Waals surface area contributed by atoms with Gasteiger partial charge in [0.05, 0.1) is 13.2 Å². The molecule has 6 heteroatoms. The van der Waals surface area contributed by atoms with Crippen LogP contribution < -0.4 is 15.4 Å². The molecule has 0 aliphatic carbocycles. The number of nitrogens with zero attached hydrogens (tertiary/aromatic N) is 1. The van der Waals surface area contributed by atoms with Crippen LogP contribution >= 0.6 is 11.8 Å². The van der Waals surface area contributed by atoms with Gasteiger partial charge in [0.1, 0.15) is 11.9 Å². The van der Waals surface area contributed by atoms with Gasteiger partial charge in [0, 0.05) is 32.1 Å². The fourth-order valence-corrected chi connectivity index (χ4v) is 3.17. The molecule has 1 atom stereocenters. The minimum absolute atomic E-state index is 0.162. The molecule has 1 aromatic carbocycles. The third-order valence-corrected chi connectivity index (χ3v) is 4.84. The van der Waals surface area contributed by atoms with Crippen molar-refractivity contribution in [2.24, 2.45) is 4.99 Å². The molecule has 1 aromatic rings. The normalized spacial score (nSPS) is 17.6. The third-order valence-electron chi connectivity index (χ3n) is 4.14. The lowest BCUT2D eigenvalue weighted by molar-refractivity contribution is 0.140. The molecule has 25 heavy (non-hydrogen) atoms. The number of benzene rings is 1. The van der Waals surface area contributed by atoms with E-state index in [1.54, 1.807) is 7.05 Å². The zero-order valence-corrected chi connectivity index (χ0v) is 16.5. The van der Waals surface area contributed by atoms with E-state index in [1.807, 2.05) is 11.8 Å². The Hall–Kier alpha value is -1.40. The van der Waals surface area contributed by atoms with Gasteiger partial charge in [-0.2, -0.15) is 11.8 Å². The van der Waals surface area contributed by atoms with Crippen molar-refractivity contribution >= 4 is 17.7 Å². The summed E-state index contributed by atoms with van der Waals surface area (Å²) in [6, 6.07) is 6.35. The molecule has 1 aliphatic heterocycles. The second kappa shape index (κ2) is 11.3. The number of thioether (sulfide) groups is 1. The fourth-order valence-electron chi connectivity index (χ4n) is 2.68. The quantitative estimate of drug-likeness (QED) is 0.400. The van der Waals surface area contributed by atoms with Crippen LogP contribution in [0.1, 0.15) is 30.4 Å². The predicted octanol–water partition coefficient (Wildman–Crippen LogP) is 2.97. The smallest absolute Gasteiger partial charge is 0.191 e. The average Bonchev–Trinajstić information content (AvgIpc) is 3.12. The highest BCUT2D eigenvalue weighted by atomic mass is 32.2. The second-order valence-corrected chi connectivity index (χ2v) is 7.25. The Balaban J connectivity index is 1.85. The average molecular weight is 366 g/mol. The Morgan fingerprint density at radius 3 is 2.96 bits per heavy atom. The summed E-state index contributed by atoms with van der Waals surface area (Å²) in [5.41, 5.74) is 2.34. The van der Waals surface area contributed by atoms with Gasteiger partial charge in [-0.25, -0.2) is 0 Å². The van der Waals surface area contributed by atoms with Crippen LogP contribution in [0.3, 0.4) is 0 Å². The molecule has 1 heterocycles. The lowest BCUT2D eigenvalue weighted by Crippen LogP contribution is -2.37. The molecule has 2 N–H and O–H groups in total. The minimum Gasteiger partial charge on any atom is -0.488 e. The highest BCUT2D eigenvalue weighted by Crippen LogP contribution is 2.23. The van der Waals surface area contributed by atoms with Crippen LogP contribution in [-0.4, -0.2) is 50.9 Å². The van der Waals surface area contributed by atoms with Gasteiger partial charge in [0.15, 0.2) is 5.96 Å². The van der Waals surface area contributed by atoms with E-state index >= 15 is 0 Å². The van der Waals surface area contributed by atoms with E-state index < -0.39 is 0 Å². The molecule has 1 unspecified atom stereocenters. The van der Waals surface area contributed by atoms with Crippen LogP contribution in [0.2, 0.25) is 0 Å². The summed E-state index contributed by atoms with van der Waals surface area (Å²) in [5, 5.41) is 6.76. The molecule has 2 rings (SSSR count). The lowest BCUT2D eigenvalue weighted by atomic mass is 10.1. The van der Waals surface area contributed by atoms with Crippen molar-refractivity contribution in [1.82, 2.24) is 10.6 Å². The zero-order chi connectivity index (χ0) is 17.9. The van der Waals surface area contributed by atoms with Gasteiger partial charge in [0.25, 0.3) is 0 Å². The molecule has 0 aromatic heterocycles. The molecular weight excluding hydrogens is 334 g/mol. The number of aliphatic imine (C=N–C) groups is 1. The summed E-state index contributed by atoms with van der Waals surface area (Å²) >= 11 is 1.89. The van der Waals surface area contributed by atoms with E-state index in [0.29, 0.717) is 13.2 Å². The maximum atomic E-state index is 6.15. The van der Waals surface area contributed by atoms with Gasteiger partial charge < -0.3 is 20.1 Å². The van der Waals surface area contributed by atoms with Gasteiger partial charge in [-0.3, -0.25) is 4.99 Å². The van der Waals surface area contributed by atoms with Crippen LogP contribution in [0.5, 0.6) is 5.75 Å². The highest BCUT2D eigenvalue weighted by molar-refractivity contribution is 7.98. The molecule has 0 spiro atoms. The molecule has 140 valence electrons. The van der Waals surface area contributed by atoms with Crippen LogP contribution in [-0.2, 0) is 11.3 Å². The topological polar surface area (TPSA) is 54.9 Å². The van der Waals surface area contributed by atoms with Crippen LogP contribution in [0.25, 0.3) is 0 Å². The summed E-state index contributed by atoms with van der Waals surface area (Å²) in [7, 11) is 1.81. The standard InChI is InChI=1S/C19H31N3O2S/c1-15-6-7-16(18(12-15)24-17-8-10-23-14-17)13-22-19(20-2)21-9-4-5-11-25-3/h6-7,12,17H,4-5,8-11,13-14H2,1-3H3,(H2,20,21,22). The van der Waals surface area contributed by atoms with E-state index in [2.05, 4.69) is 47.0 Å². The van der Waals surface area contributed by atoms with Crippen molar-refractivity contribution in [1.29, 1.82) is 0 Å². The molecule has 0 saturated carbocycles. The molecule has 0 bridgehead atoms. The highest BCUT2D eigenvalue weighted by Gasteiger charge is 2.18. The fraction of sp³-hybridized carbons (Fsp3) is 0.632. The molecular formula is C19H31N3O2S. The lowest BCUT2D eigenvalue weighted by Gasteiger charge is -2.18. The van der Waals surface area contributed by atoms with Crippen molar-refractivity contribution in [3.05, 3.63) is 29.3 Å². The van der Waals surface area contributed by atoms with Crippen molar-refractivity contribution in [2.75, 3.05) is 38.8 Å². The largest absolute Gasteiger partial charge is 0.488 e. The van der Waals surface area contributed by atoms with Crippen molar-refractivity contribution in [2.45, 2.75) is 38.8 Å². The van der Waals surface area contributed by atoms with Crippen molar-refractivity contribution in [3.63, 3.8) is 0 Å². The van der Waals surface area contributed by atoms with E-state index in [1.165, 1.54) is 17.7 Å². The predicted molar refractivity (Wildman–Crippen MR) is 107 cm³/mol. The summed E-state index contributed by atoms with van der Waals surface area (Å²) in [6.07, 6.45) is 5.65. The van der Waals surface area contributed by atoms with Crippen molar-refractivity contribution < 1.29 is 9.47 Å². The first kappa shape index (κ1) is 19.9. The van der Waals surface area contributed by atoms with E-state index in [9.17, 15) is 0 Å². The zero-order valence-electron chi connectivity index (χ0n) is 15.6. The Morgan fingerprint density at radius 1 is 1.36 bits per heavy atom. The number of hydrogen-bond acceptors (Lipinski definition) is 4. The molecule has 0 amide bonds. The van der Waals surface area contributed by atoms with Gasteiger partial charge in [-0.15, -0.1) is 0 Å². The van der Waals surface area contributed by atoms with Gasteiger partial charge >= 0.3 is 0 Å². The summed E-state index contributed by atoms with van der Waals surface area (Å²) in [5.74, 6) is 2.99. The minimum atomic E-state index is 0.162. The van der Waals surface area contributed by atoms with E-state index in [-0.39, 0.29) is 6.10 Å². The first-order valence-electron chi connectivity index (χ1n) is 9.00. The van der Waals surface area contributed by atoms with Crippen LogP contribution in [0.15, 0.2) is 23.2 Å². The molecule has 1 aliphatic rings. The van der Waals surface area contributed by atoms with E-state index in [4.69, 9.17) is 9.47 Å². The maximum absolute atomic E-state index is 6.15.